The first-order valence-electron chi connectivity index (χ1n) is 10.6. The Morgan fingerprint density at radius 1 is 0.788 bits per heavy atom. The molecule has 0 bridgehead atoms. The van der Waals surface area contributed by atoms with Gasteiger partial charge in [-0.15, -0.1) is 11.3 Å². The zero-order valence-corrected chi connectivity index (χ0v) is 19.0. The first-order valence-corrected chi connectivity index (χ1v) is 11.5. The second kappa shape index (κ2) is 10.6. The second-order valence-corrected chi connectivity index (χ2v) is 8.60. The number of benzene rings is 3. The third-order valence-electron chi connectivity index (χ3n) is 5.18. The van der Waals surface area contributed by atoms with Crippen LogP contribution in [0.15, 0.2) is 108 Å². The van der Waals surface area contributed by atoms with Crippen molar-refractivity contribution in [3.8, 4) is 0 Å². The lowest BCUT2D eigenvalue weighted by molar-refractivity contribution is -0.118. The SMILES string of the molecule is Cc1ccc([C@H](NC(=O)/C(=C/c2cccs2)NC(=O)c2ccccc2)c2ccccc2)cc1. The highest BCUT2D eigenvalue weighted by molar-refractivity contribution is 7.10. The Hall–Kier alpha value is -3.96. The molecule has 0 aliphatic rings. The van der Waals surface area contributed by atoms with Crippen LogP contribution in [0.25, 0.3) is 6.08 Å². The molecule has 4 rings (SSSR count). The molecule has 5 heteroatoms. The van der Waals surface area contributed by atoms with Crippen LogP contribution in [0, 0.1) is 6.92 Å². The molecule has 1 heterocycles. The Kier molecular flexibility index (Phi) is 7.12. The molecule has 4 aromatic rings. The van der Waals surface area contributed by atoms with Crippen molar-refractivity contribution in [3.63, 3.8) is 0 Å². The Morgan fingerprint density at radius 3 is 2.06 bits per heavy atom. The van der Waals surface area contributed by atoms with Crippen molar-refractivity contribution >= 4 is 29.2 Å². The van der Waals surface area contributed by atoms with Crippen LogP contribution in [-0.4, -0.2) is 11.8 Å². The zero-order valence-electron chi connectivity index (χ0n) is 18.2. The van der Waals surface area contributed by atoms with Gasteiger partial charge in [0.1, 0.15) is 5.70 Å². The van der Waals surface area contributed by atoms with E-state index in [0.717, 1.165) is 21.6 Å². The van der Waals surface area contributed by atoms with Gasteiger partial charge >= 0.3 is 0 Å². The second-order valence-electron chi connectivity index (χ2n) is 7.62. The molecule has 0 saturated carbocycles. The standard InChI is InChI=1S/C28H24N2O2S/c1-20-14-16-22(17-15-20)26(21-9-4-2-5-10-21)30-28(32)25(19-24-13-8-18-33-24)29-27(31)23-11-6-3-7-12-23/h2-19,26H,1H3,(H,29,31)(H,30,32)/b25-19-/t26-/m1/s1. The lowest BCUT2D eigenvalue weighted by atomic mass is 9.97. The van der Waals surface area contributed by atoms with Crippen molar-refractivity contribution in [2.75, 3.05) is 0 Å². The summed E-state index contributed by atoms with van der Waals surface area (Å²) in [6.07, 6.45) is 1.71. The number of amides is 2. The molecular formula is C28H24N2O2S. The highest BCUT2D eigenvalue weighted by Crippen LogP contribution is 2.23. The number of hydrogen-bond donors (Lipinski definition) is 2. The molecule has 3 aromatic carbocycles. The van der Waals surface area contributed by atoms with E-state index in [-0.39, 0.29) is 23.6 Å². The molecule has 0 aliphatic heterocycles. The normalized spacial score (nSPS) is 12.1. The minimum Gasteiger partial charge on any atom is -0.340 e. The van der Waals surface area contributed by atoms with Crippen LogP contribution in [0.5, 0.6) is 0 Å². The Labute approximate surface area is 197 Å². The van der Waals surface area contributed by atoms with Gasteiger partial charge in [0.15, 0.2) is 0 Å². The van der Waals surface area contributed by atoms with E-state index in [1.54, 1.807) is 30.3 Å². The quantitative estimate of drug-likeness (QED) is 0.352. The van der Waals surface area contributed by atoms with Crippen LogP contribution in [-0.2, 0) is 4.79 Å². The van der Waals surface area contributed by atoms with Crippen LogP contribution in [0.2, 0.25) is 0 Å². The van der Waals surface area contributed by atoms with E-state index < -0.39 is 0 Å². The van der Waals surface area contributed by atoms with Gasteiger partial charge in [-0.05, 0) is 47.7 Å². The number of hydrogen-bond acceptors (Lipinski definition) is 3. The third kappa shape index (κ3) is 5.84. The van der Waals surface area contributed by atoms with E-state index >= 15 is 0 Å². The summed E-state index contributed by atoms with van der Waals surface area (Å²) in [6, 6.07) is 30.2. The molecule has 2 N–H and O–H groups in total. The Morgan fingerprint density at radius 2 is 1.42 bits per heavy atom. The average molecular weight is 453 g/mol. The average Bonchev–Trinajstić information content (AvgIpc) is 3.37. The van der Waals surface area contributed by atoms with Gasteiger partial charge in [0.2, 0.25) is 0 Å². The molecule has 0 aliphatic carbocycles. The minimum atomic E-state index is -0.361. The largest absolute Gasteiger partial charge is 0.340 e. The van der Waals surface area contributed by atoms with Gasteiger partial charge in [0.05, 0.1) is 6.04 Å². The van der Waals surface area contributed by atoms with E-state index in [1.165, 1.54) is 11.3 Å². The van der Waals surface area contributed by atoms with Crippen molar-refractivity contribution in [1.29, 1.82) is 0 Å². The van der Waals surface area contributed by atoms with Crippen molar-refractivity contribution in [1.82, 2.24) is 10.6 Å². The van der Waals surface area contributed by atoms with Gasteiger partial charge in [0, 0.05) is 10.4 Å². The maximum atomic E-state index is 13.5. The monoisotopic (exact) mass is 452 g/mol. The lowest BCUT2D eigenvalue weighted by Crippen LogP contribution is -2.37. The van der Waals surface area contributed by atoms with Gasteiger partial charge in [-0.1, -0.05) is 84.4 Å². The molecule has 1 atom stereocenters. The Balaban J connectivity index is 1.65. The minimum absolute atomic E-state index is 0.194. The first-order chi connectivity index (χ1) is 16.1. The summed E-state index contributed by atoms with van der Waals surface area (Å²) in [5, 5.41) is 7.86. The summed E-state index contributed by atoms with van der Waals surface area (Å²) in [6.45, 7) is 2.03. The number of rotatable bonds is 7. The van der Waals surface area contributed by atoms with Gasteiger partial charge in [0.25, 0.3) is 11.8 Å². The fourth-order valence-electron chi connectivity index (χ4n) is 3.43. The molecule has 33 heavy (non-hydrogen) atoms. The van der Waals surface area contributed by atoms with Crippen LogP contribution in [0.1, 0.15) is 38.0 Å². The molecule has 2 amide bonds. The summed E-state index contributed by atoms with van der Waals surface area (Å²) in [5.74, 6) is -0.692. The van der Waals surface area contributed by atoms with Crippen molar-refractivity contribution < 1.29 is 9.59 Å². The lowest BCUT2D eigenvalue weighted by Gasteiger charge is -2.21. The van der Waals surface area contributed by atoms with E-state index in [1.807, 2.05) is 85.1 Å². The molecule has 0 fully saturated rings. The van der Waals surface area contributed by atoms with Gasteiger partial charge in [-0.25, -0.2) is 0 Å². The summed E-state index contributed by atoms with van der Waals surface area (Å²) in [4.78, 5) is 27.2. The summed E-state index contributed by atoms with van der Waals surface area (Å²) in [5.41, 5.74) is 3.75. The summed E-state index contributed by atoms with van der Waals surface area (Å²) < 4.78 is 0. The fourth-order valence-corrected chi connectivity index (χ4v) is 4.09. The highest BCUT2D eigenvalue weighted by Gasteiger charge is 2.21. The maximum Gasteiger partial charge on any atom is 0.268 e. The number of nitrogens with one attached hydrogen (secondary N) is 2. The first kappa shape index (κ1) is 22.2. The third-order valence-corrected chi connectivity index (χ3v) is 6.00. The predicted octanol–water partition coefficient (Wildman–Crippen LogP) is 5.73. The number of aryl methyl sites for hydroxylation is 1. The van der Waals surface area contributed by atoms with E-state index in [9.17, 15) is 9.59 Å². The molecule has 0 unspecified atom stereocenters. The highest BCUT2D eigenvalue weighted by atomic mass is 32.1. The smallest absolute Gasteiger partial charge is 0.268 e. The topological polar surface area (TPSA) is 58.2 Å². The van der Waals surface area contributed by atoms with Crippen molar-refractivity contribution in [3.05, 3.63) is 135 Å². The van der Waals surface area contributed by atoms with Gasteiger partial charge in [-0.2, -0.15) is 0 Å². The van der Waals surface area contributed by atoms with Gasteiger partial charge < -0.3 is 10.6 Å². The molecule has 164 valence electrons. The van der Waals surface area contributed by atoms with E-state index in [2.05, 4.69) is 10.6 Å². The molecule has 0 radical (unpaired) electrons. The summed E-state index contributed by atoms with van der Waals surface area (Å²) in [7, 11) is 0. The van der Waals surface area contributed by atoms with Gasteiger partial charge in [-0.3, -0.25) is 9.59 Å². The molecule has 0 saturated heterocycles. The van der Waals surface area contributed by atoms with Crippen LogP contribution >= 0.6 is 11.3 Å². The molecule has 0 spiro atoms. The van der Waals surface area contributed by atoms with E-state index in [0.29, 0.717) is 5.56 Å². The van der Waals surface area contributed by atoms with Crippen LogP contribution in [0.3, 0.4) is 0 Å². The van der Waals surface area contributed by atoms with Crippen molar-refractivity contribution in [2.45, 2.75) is 13.0 Å². The molecular weight excluding hydrogens is 428 g/mol. The number of carbonyl (C=O) groups excluding carboxylic acids is 2. The van der Waals surface area contributed by atoms with Crippen molar-refractivity contribution in [2.24, 2.45) is 0 Å². The predicted molar refractivity (Wildman–Crippen MR) is 134 cm³/mol. The zero-order chi connectivity index (χ0) is 23.0. The van der Waals surface area contributed by atoms with E-state index in [4.69, 9.17) is 0 Å². The number of carbonyl (C=O) groups is 2. The Bertz CT molecular complexity index is 1230. The summed E-state index contributed by atoms with van der Waals surface area (Å²) >= 11 is 1.50. The molecule has 1 aromatic heterocycles. The van der Waals surface area contributed by atoms with Crippen LogP contribution in [0.4, 0.5) is 0 Å². The fraction of sp³-hybridized carbons (Fsp3) is 0.0714. The number of thiophene rings is 1. The van der Waals surface area contributed by atoms with Crippen LogP contribution < -0.4 is 10.6 Å². The molecule has 4 nitrogen and oxygen atoms in total. The maximum absolute atomic E-state index is 13.5.